The highest BCUT2D eigenvalue weighted by Crippen LogP contribution is 2.21. The van der Waals surface area contributed by atoms with Crippen molar-refractivity contribution >= 4 is 9.84 Å². The maximum Gasteiger partial charge on any atom is 0.151 e. The van der Waals surface area contributed by atoms with Gasteiger partial charge in [-0.15, -0.1) is 0 Å². The molecule has 0 spiro atoms. The second kappa shape index (κ2) is 6.01. The fourth-order valence-electron chi connectivity index (χ4n) is 2.59. The van der Waals surface area contributed by atoms with Gasteiger partial charge in [-0.25, -0.2) is 12.8 Å². The zero-order valence-electron chi connectivity index (χ0n) is 11.2. The van der Waals surface area contributed by atoms with Gasteiger partial charge < -0.3 is 0 Å². The lowest BCUT2D eigenvalue weighted by Gasteiger charge is -2.27. The highest BCUT2D eigenvalue weighted by atomic mass is 32.2. The van der Waals surface area contributed by atoms with Crippen LogP contribution in [-0.4, -0.2) is 37.4 Å². The molecule has 1 aliphatic rings. The molecule has 0 aromatic heterocycles. The standard InChI is InChI=1S/C14H20FNO2S/c1-2-8-16(13-7-9-19(17,18)11-13)10-12-5-3-4-6-14(12)15/h3-6,13H,2,7-11H2,1H3/t13-/m0/s1. The first kappa shape index (κ1) is 14.5. The van der Waals surface area contributed by atoms with Gasteiger partial charge in [-0.3, -0.25) is 4.90 Å². The zero-order chi connectivity index (χ0) is 13.9. The molecule has 0 radical (unpaired) electrons. The van der Waals surface area contributed by atoms with E-state index in [1.165, 1.54) is 6.07 Å². The Hall–Kier alpha value is -0.940. The summed E-state index contributed by atoms with van der Waals surface area (Å²) in [6.45, 7) is 3.34. The monoisotopic (exact) mass is 285 g/mol. The van der Waals surface area contributed by atoms with Crippen LogP contribution in [0, 0.1) is 5.82 Å². The van der Waals surface area contributed by atoms with Crippen molar-refractivity contribution in [2.24, 2.45) is 0 Å². The molecule has 106 valence electrons. The van der Waals surface area contributed by atoms with Crippen LogP contribution in [0.1, 0.15) is 25.3 Å². The summed E-state index contributed by atoms with van der Waals surface area (Å²) in [5.74, 6) is 0.251. The van der Waals surface area contributed by atoms with Crippen molar-refractivity contribution in [1.82, 2.24) is 4.90 Å². The Bertz CT molecular complexity index is 530. The fourth-order valence-corrected chi connectivity index (χ4v) is 4.35. The number of nitrogens with zero attached hydrogens (tertiary/aromatic N) is 1. The lowest BCUT2D eigenvalue weighted by atomic mass is 10.1. The number of benzene rings is 1. The van der Waals surface area contributed by atoms with E-state index in [0.29, 0.717) is 18.5 Å². The van der Waals surface area contributed by atoms with Crippen molar-refractivity contribution in [3.63, 3.8) is 0 Å². The Morgan fingerprint density at radius 2 is 2.11 bits per heavy atom. The van der Waals surface area contributed by atoms with Crippen LogP contribution in [-0.2, 0) is 16.4 Å². The number of halogens is 1. The molecule has 1 aliphatic heterocycles. The third-order valence-electron chi connectivity index (χ3n) is 3.57. The highest BCUT2D eigenvalue weighted by Gasteiger charge is 2.32. The normalized spacial score (nSPS) is 21.9. The molecule has 2 rings (SSSR count). The Morgan fingerprint density at radius 1 is 1.37 bits per heavy atom. The molecule has 1 atom stereocenters. The van der Waals surface area contributed by atoms with Gasteiger partial charge in [0.15, 0.2) is 9.84 Å². The van der Waals surface area contributed by atoms with Gasteiger partial charge >= 0.3 is 0 Å². The molecule has 0 amide bonds. The number of rotatable bonds is 5. The minimum atomic E-state index is -2.90. The number of sulfone groups is 1. The van der Waals surface area contributed by atoms with Crippen molar-refractivity contribution < 1.29 is 12.8 Å². The number of hydrogen-bond donors (Lipinski definition) is 0. The van der Waals surface area contributed by atoms with Crippen LogP contribution in [0.3, 0.4) is 0 Å². The summed E-state index contributed by atoms with van der Waals surface area (Å²) in [4.78, 5) is 2.10. The average Bonchev–Trinajstić information content (AvgIpc) is 2.72. The van der Waals surface area contributed by atoms with Gasteiger partial charge in [0.05, 0.1) is 11.5 Å². The summed E-state index contributed by atoms with van der Waals surface area (Å²) in [5, 5.41) is 0. The molecule has 1 saturated heterocycles. The largest absolute Gasteiger partial charge is 0.295 e. The van der Waals surface area contributed by atoms with Crippen molar-refractivity contribution in [2.45, 2.75) is 32.4 Å². The second-order valence-electron chi connectivity index (χ2n) is 5.12. The van der Waals surface area contributed by atoms with Gasteiger partial charge in [0.2, 0.25) is 0 Å². The van der Waals surface area contributed by atoms with Gasteiger partial charge in [0.1, 0.15) is 5.82 Å². The molecule has 1 heterocycles. The van der Waals surface area contributed by atoms with Crippen LogP contribution in [0.4, 0.5) is 4.39 Å². The van der Waals surface area contributed by atoms with Gasteiger partial charge in [-0.1, -0.05) is 25.1 Å². The quantitative estimate of drug-likeness (QED) is 0.832. The molecule has 19 heavy (non-hydrogen) atoms. The molecule has 3 nitrogen and oxygen atoms in total. The first-order chi connectivity index (χ1) is 9.02. The Labute approximate surface area is 114 Å². The van der Waals surface area contributed by atoms with E-state index in [4.69, 9.17) is 0 Å². The van der Waals surface area contributed by atoms with E-state index in [2.05, 4.69) is 11.8 Å². The van der Waals surface area contributed by atoms with Crippen LogP contribution < -0.4 is 0 Å². The molecule has 0 N–H and O–H groups in total. The maximum atomic E-state index is 13.7. The number of hydrogen-bond acceptors (Lipinski definition) is 3. The van der Waals surface area contributed by atoms with E-state index in [1.54, 1.807) is 12.1 Å². The maximum absolute atomic E-state index is 13.7. The van der Waals surface area contributed by atoms with E-state index in [1.807, 2.05) is 6.07 Å². The Balaban J connectivity index is 2.11. The van der Waals surface area contributed by atoms with E-state index >= 15 is 0 Å². The molecule has 0 aliphatic carbocycles. The third-order valence-corrected chi connectivity index (χ3v) is 5.32. The van der Waals surface area contributed by atoms with Crippen molar-refractivity contribution in [2.75, 3.05) is 18.1 Å². The molecule has 5 heteroatoms. The molecule has 1 aromatic carbocycles. The Kier molecular flexibility index (Phi) is 4.58. The molecule has 1 fully saturated rings. The van der Waals surface area contributed by atoms with E-state index in [9.17, 15) is 12.8 Å². The molecule has 1 aromatic rings. The SMILES string of the molecule is CCCN(Cc1ccccc1F)[C@H]1CCS(=O)(=O)C1. The topological polar surface area (TPSA) is 37.4 Å². The third kappa shape index (κ3) is 3.76. The summed E-state index contributed by atoms with van der Waals surface area (Å²) in [6, 6.07) is 6.73. The second-order valence-corrected chi connectivity index (χ2v) is 7.35. The first-order valence-electron chi connectivity index (χ1n) is 6.69. The first-order valence-corrected chi connectivity index (χ1v) is 8.52. The summed E-state index contributed by atoms with van der Waals surface area (Å²) in [6.07, 6.45) is 1.60. The fraction of sp³-hybridized carbons (Fsp3) is 0.571. The molecule has 0 unspecified atom stereocenters. The van der Waals surface area contributed by atoms with Gasteiger partial charge in [0, 0.05) is 18.2 Å². The van der Waals surface area contributed by atoms with E-state index in [-0.39, 0.29) is 23.4 Å². The predicted octanol–water partition coefficient (Wildman–Crippen LogP) is 2.22. The summed E-state index contributed by atoms with van der Waals surface area (Å²) in [5.41, 5.74) is 0.639. The van der Waals surface area contributed by atoms with Crippen molar-refractivity contribution in [3.05, 3.63) is 35.6 Å². The highest BCUT2D eigenvalue weighted by molar-refractivity contribution is 7.91. The summed E-state index contributed by atoms with van der Waals surface area (Å²) in [7, 11) is -2.90. The minimum Gasteiger partial charge on any atom is -0.295 e. The van der Waals surface area contributed by atoms with E-state index in [0.717, 1.165) is 13.0 Å². The zero-order valence-corrected chi connectivity index (χ0v) is 12.0. The minimum absolute atomic E-state index is 0.0320. The lowest BCUT2D eigenvalue weighted by molar-refractivity contribution is 0.201. The summed E-state index contributed by atoms with van der Waals surface area (Å²) < 4.78 is 36.8. The molecule has 0 saturated carbocycles. The van der Waals surface area contributed by atoms with Crippen molar-refractivity contribution in [3.8, 4) is 0 Å². The van der Waals surface area contributed by atoms with Gasteiger partial charge in [-0.2, -0.15) is 0 Å². The van der Waals surface area contributed by atoms with Crippen molar-refractivity contribution in [1.29, 1.82) is 0 Å². The predicted molar refractivity (Wildman–Crippen MR) is 74.2 cm³/mol. The Morgan fingerprint density at radius 3 is 2.68 bits per heavy atom. The molecular formula is C14H20FNO2S. The average molecular weight is 285 g/mol. The van der Waals surface area contributed by atoms with Crippen LogP contribution >= 0.6 is 0 Å². The molecular weight excluding hydrogens is 265 g/mol. The smallest absolute Gasteiger partial charge is 0.151 e. The van der Waals surface area contributed by atoms with Crippen LogP contribution in [0.2, 0.25) is 0 Å². The van der Waals surface area contributed by atoms with Crippen LogP contribution in [0.25, 0.3) is 0 Å². The van der Waals surface area contributed by atoms with Gasteiger partial charge in [0.25, 0.3) is 0 Å². The van der Waals surface area contributed by atoms with E-state index < -0.39 is 9.84 Å². The lowest BCUT2D eigenvalue weighted by Crippen LogP contribution is -2.36. The van der Waals surface area contributed by atoms with Crippen LogP contribution in [0.15, 0.2) is 24.3 Å². The van der Waals surface area contributed by atoms with Crippen LogP contribution in [0.5, 0.6) is 0 Å². The molecule has 0 bridgehead atoms. The summed E-state index contributed by atoms with van der Waals surface area (Å²) >= 11 is 0. The van der Waals surface area contributed by atoms with Gasteiger partial charge in [-0.05, 0) is 25.5 Å².